The molecule has 1 saturated carbocycles. The Balaban J connectivity index is 1.39. The molecule has 0 N–H and O–H groups in total. The summed E-state index contributed by atoms with van der Waals surface area (Å²) < 4.78 is 3.47. The standard InChI is InChI=1S/C21H17N5S/c1-13-20-16(15-5-2-3-7-18(15)27-20)11-25(13)19-8-4-6-17(23-19)21-24-22-12-26(21)14-9-10-14/h2-8,12,14H,1,9-11H2. The Labute approximate surface area is 160 Å². The summed E-state index contributed by atoms with van der Waals surface area (Å²) in [5.41, 5.74) is 3.25. The summed E-state index contributed by atoms with van der Waals surface area (Å²) >= 11 is 1.81. The Hall–Kier alpha value is -2.99. The van der Waals surface area contributed by atoms with Crippen molar-refractivity contribution in [3.05, 3.63) is 65.8 Å². The molecule has 1 aromatic carbocycles. The third-order valence-electron chi connectivity index (χ3n) is 5.36. The molecule has 6 heteroatoms. The zero-order chi connectivity index (χ0) is 18.0. The number of pyridine rings is 1. The van der Waals surface area contributed by atoms with Crippen LogP contribution in [-0.2, 0) is 6.54 Å². The van der Waals surface area contributed by atoms with Gasteiger partial charge in [0.15, 0.2) is 5.82 Å². The van der Waals surface area contributed by atoms with Crippen LogP contribution in [0.1, 0.15) is 29.3 Å². The Morgan fingerprint density at radius 1 is 1.07 bits per heavy atom. The lowest BCUT2D eigenvalue weighted by molar-refractivity contribution is 0.743. The first-order valence-electron chi connectivity index (χ1n) is 9.14. The number of anilines is 1. The van der Waals surface area contributed by atoms with Gasteiger partial charge < -0.3 is 9.47 Å². The van der Waals surface area contributed by atoms with E-state index in [-0.39, 0.29) is 0 Å². The lowest BCUT2D eigenvalue weighted by Crippen LogP contribution is -2.15. The molecule has 0 atom stereocenters. The maximum Gasteiger partial charge on any atom is 0.182 e. The van der Waals surface area contributed by atoms with Gasteiger partial charge in [-0.05, 0) is 42.0 Å². The summed E-state index contributed by atoms with van der Waals surface area (Å²) in [6.07, 6.45) is 4.21. The fourth-order valence-corrected chi connectivity index (χ4v) is 5.02. The quantitative estimate of drug-likeness (QED) is 0.515. The number of hydrogen-bond donors (Lipinski definition) is 0. The highest BCUT2D eigenvalue weighted by atomic mass is 32.1. The van der Waals surface area contributed by atoms with E-state index in [2.05, 4.69) is 50.5 Å². The van der Waals surface area contributed by atoms with Gasteiger partial charge >= 0.3 is 0 Å². The van der Waals surface area contributed by atoms with Crippen LogP contribution in [0.15, 0.2) is 55.4 Å². The minimum atomic E-state index is 0.528. The summed E-state index contributed by atoms with van der Waals surface area (Å²) in [6.45, 7) is 5.17. The van der Waals surface area contributed by atoms with Crippen LogP contribution in [0.25, 0.3) is 27.3 Å². The number of aromatic nitrogens is 4. The van der Waals surface area contributed by atoms with Crippen LogP contribution in [0.4, 0.5) is 5.82 Å². The molecule has 0 saturated heterocycles. The van der Waals surface area contributed by atoms with Gasteiger partial charge in [-0.15, -0.1) is 21.5 Å². The molecule has 0 unspecified atom stereocenters. The second-order valence-electron chi connectivity index (χ2n) is 7.11. The molecule has 0 spiro atoms. The van der Waals surface area contributed by atoms with E-state index < -0.39 is 0 Å². The molecular weight excluding hydrogens is 354 g/mol. The lowest BCUT2D eigenvalue weighted by Gasteiger charge is -2.19. The van der Waals surface area contributed by atoms with Crippen LogP contribution in [0, 0.1) is 0 Å². The van der Waals surface area contributed by atoms with E-state index in [0.29, 0.717) is 6.04 Å². The van der Waals surface area contributed by atoms with Gasteiger partial charge in [-0.2, -0.15) is 0 Å². The van der Waals surface area contributed by atoms with Crippen molar-refractivity contribution in [2.24, 2.45) is 0 Å². The first-order valence-corrected chi connectivity index (χ1v) is 9.95. The smallest absolute Gasteiger partial charge is 0.182 e. The summed E-state index contributed by atoms with van der Waals surface area (Å²) in [4.78, 5) is 8.38. The number of benzene rings is 1. The van der Waals surface area contributed by atoms with Gasteiger partial charge in [-0.3, -0.25) is 0 Å². The first kappa shape index (κ1) is 15.1. The molecule has 1 fully saturated rings. The Morgan fingerprint density at radius 2 is 1.96 bits per heavy atom. The van der Waals surface area contributed by atoms with Crippen molar-refractivity contribution < 1.29 is 0 Å². The van der Waals surface area contributed by atoms with Crippen LogP contribution in [0.3, 0.4) is 0 Å². The van der Waals surface area contributed by atoms with Crippen LogP contribution in [0.2, 0.25) is 0 Å². The average molecular weight is 371 g/mol. The number of rotatable bonds is 3. The molecule has 5 nitrogen and oxygen atoms in total. The summed E-state index contributed by atoms with van der Waals surface area (Å²) in [5.74, 6) is 1.76. The molecule has 132 valence electrons. The average Bonchev–Trinajstić information content (AvgIpc) is 3.18. The Morgan fingerprint density at radius 3 is 2.85 bits per heavy atom. The largest absolute Gasteiger partial charge is 0.321 e. The van der Waals surface area contributed by atoms with Crippen LogP contribution in [-0.4, -0.2) is 19.7 Å². The first-order chi connectivity index (χ1) is 13.3. The summed E-state index contributed by atoms with van der Waals surface area (Å²) in [7, 11) is 0. The SMILES string of the molecule is C=C1c2sc3ccccc3c2CN1c1cccc(-c2nncn2C2CC2)n1. The summed E-state index contributed by atoms with van der Waals surface area (Å²) in [6, 6.07) is 15.2. The molecule has 0 bridgehead atoms. The van der Waals surface area contributed by atoms with Crippen molar-refractivity contribution in [2.75, 3.05) is 4.90 Å². The number of thiophene rings is 1. The molecular formula is C21H17N5S. The van der Waals surface area contributed by atoms with Crippen LogP contribution >= 0.6 is 11.3 Å². The zero-order valence-corrected chi connectivity index (χ0v) is 15.5. The van der Waals surface area contributed by atoms with Crippen molar-refractivity contribution in [1.29, 1.82) is 0 Å². The van der Waals surface area contributed by atoms with Crippen molar-refractivity contribution in [3.63, 3.8) is 0 Å². The number of hydrogen-bond acceptors (Lipinski definition) is 5. The summed E-state index contributed by atoms with van der Waals surface area (Å²) in [5, 5.41) is 9.74. The van der Waals surface area contributed by atoms with Gasteiger partial charge in [-0.25, -0.2) is 4.98 Å². The highest BCUT2D eigenvalue weighted by Gasteiger charge is 2.30. The van der Waals surface area contributed by atoms with Crippen LogP contribution in [0.5, 0.6) is 0 Å². The van der Waals surface area contributed by atoms with Crippen LogP contribution < -0.4 is 4.90 Å². The second-order valence-corrected chi connectivity index (χ2v) is 8.16. The molecule has 3 aromatic heterocycles. The van der Waals surface area contributed by atoms with E-state index in [0.717, 1.165) is 29.6 Å². The van der Waals surface area contributed by atoms with Gasteiger partial charge in [0.25, 0.3) is 0 Å². The van der Waals surface area contributed by atoms with Gasteiger partial charge in [0.2, 0.25) is 0 Å². The second kappa shape index (κ2) is 5.50. The van der Waals surface area contributed by atoms with Gasteiger partial charge in [0.05, 0.1) is 17.1 Å². The number of nitrogens with zero attached hydrogens (tertiary/aromatic N) is 5. The van der Waals surface area contributed by atoms with Crippen molar-refractivity contribution in [2.45, 2.75) is 25.4 Å². The third kappa shape index (κ3) is 2.26. The van der Waals surface area contributed by atoms with E-state index in [1.54, 1.807) is 0 Å². The minimum absolute atomic E-state index is 0.528. The lowest BCUT2D eigenvalue weighted by atomic mass is 10.1. The molecule has 0 radical (unpaired) electrons. The molecule has 27 heavy (non-hydrogen) atoms. The fourth-order valence-electron chi connectivity index (χ4n) is 3.83. The number of fused-ring (bicyclic) bond motifs is 3. The van der Waals surface area contributed by atoms with Gasteiger partial charge in [0.1, 0.15) is 17.8 Å². The highest BCUT2D eigenvalue weighted by molar-refractivity contribution is 7.20. The minimum Gasteiger partial charge on any atom is -0.321 e. The fraction of sp³-hybridized carbons (Fsp3) is 0.190. The van der Waals surface area contributed by atoms with E-state index in [1.165, 1.54) is 33.4 Å². The van der Waals surface area contributed by atoms with E-state index in [1.807, 2.05) is 35.9 Å². The Kier molecular flexibility index (Phi) is 3.08. The predicted octanol–water partition coefficient (Wildman–Crippen LogP) is 4.88. The maximum absolute atomic E-state index is 4.91. The molecule has 4 heterocycles. The van der Waals surface area contributed by atoms with Crippen molar-refractivity contribution in [1.82, 2.24) is 19.7 Å². The molecule has 1 aliphatic carbocycles. The van der Waals surface area contributed by atoms with Gasteiger partial charge in [-0.1, -0.05) is 30.8 Å². The molecule has 6 rings (SSSR count). The van der Waals surface area contributed by atoms with E-state index >= 15 is 0 Å². The van der Waals surface area contributed by atoms with Crippen molar-refractivity contribution in [3.8, 4) is 11.5 Å². The highest BCUT2D eigenvalue weighted by Crippen LogP contribution is 2.44. The predicted molar refractivity (Wildman–Crippen MR) is 109 cm³/mol. The molecule has 0 amide bonds. The zero-order valence-electron chi connectivity index (χ0n) is 14.7. The maximum atomic E-state index is 4.91. The molecule has 4 aromatic rings. The van der Waals surface area contributed by atoms with E-state index in [9.17, 15) is 0 Å². The van der Waals surface area contributed by atoms with Gasteiger partial charge in [0, 0.05) is 10.7 Å². The normalized spacial score (nSPS) is 16.3. The Bertz CT molecular complexity index is 1200. The molecule has 2 aliphatic rings. The topological polar surface area (TPSA) is 46.8 Å². The van der Waals surface area contributed by atoms with E-state index in [4.69, 9.17) is 4.98 Å². The van der Waals surface area contributed by atoms with Crippen molar-refractivity contribution >= 4 is 32.9 Å². The monoisotopic (exact) mass is 371 g/mol. The molecule has 1 aliphatic heterocycles. The third-order valence-corrected chi connectivity index (χ3v) is 6.62.